The minimum absolute atomic E-state index is 0.0249. The van der Waals surface area contributed by atoms with Gasteiger partial charge in [-0.15, -0.1) is 0 Å². The van der Waals surface area contributed by atoms with E-state index in [9.17, 15) is 10.1 Å². The van der Waals surface area contributed by atoms with Gasteiger partial charge in [0, 0.05) is 6.54 Å². The van der Waals surface area contributed by atoms with Crippen LogP contribution in [0.1, 0.15) is 45.6 Å². The topological polar surface area (TPSA) is 71.4 Å². The normalized spacial score (nSPS) is 10.9. The van der Waals surface area contributed by atoms with Crippen molar-refractivity contribution >= 4 is 23.6 Å². The summed E-state index contributed by atoms with van der Waals surface area (Å²) >= 11 is 6.30. The lowest BCUT2D eigenvalue weighted by Crippen LogP contribution is -2.25. The third-order valence-corrected chi connectivity index (χ3v) is 3.55. The van der Waals surface area contributed by atoms with Gasteiger partial charge in [-0.2, -0.15) is 5.26 Å². The number of halogens is 1. The second-order valence-corrected chi connectivity index (χ2v) is 5.80. The van der Waals surface area contributed by atoms with Crippen molar-refractivity contribution in [1.82, 2.24) is 5.32 Å². The van der Waals surface area contributed by atoms with Gasteiger partial charge < -0.3 is 14.8 Å². The first-order chi connectivity index (χ1) is 12.1. The average molecular weight is 365 g/mol. The summed E-state index contributed by atoms with van der Waals surface area (Å²) in [4.78, 5) is 12.1. The van der Waals surface area contributed by atoms with Crippen LogP contribution in [0, 0.1) is 11.3 Å². The van der Waals surface area contributed by atoms with Crippen LogP contribution in [0.25, 0.3) is 6.08 Å². The quantitative estimate of drug-likeness (QED) is 0.380. The Kier molecular flexibility index (Phi) is 9.49. The van der Waals surface area contributed by atoms with E-state index in [1.807, 2.05) is 26.8 Å². The third kappa shape index (κ3) is 6.67. The molecule has 0 saturated heterocycles. The van der Waals surface area contributed by atoms with E-state index in [4.69, 9.17) is 21.1 Å². The van der Waals surface area contributed by atoms with Gasteiger partial charge >= 0.3 is 0 Å². The van der Waals surface area contributed by atoms with Gasteiger partial charge in [0.25, 0.3) is 5.91 Å². The summed E-state index contributed by atoms with van der Waals surface area (Å²) in [5.74, 6) is 0.586. The Morgan fingerprint density at radius 1 is 1.28 bits per heavy atom. The molecular formula is C19H25ClN2O3. The predicted octanol–water partition coefficient (Wildman–Crippen LogP) is 4.35. The van der Waals surface area contributed by atoms with Crippen LogP contribution < -0.4 is 14.8 Å². The van der Waals surface area contributed by atoms with E-state index in [0.717, 1.165) is 19.3 Å². The molecule has 0 radical (unpaired) electrons. The van der Waals surface area contributed by atoms with Crippen LogP contribution in [0.4, 0.5) is 0 Å². The number of nitrogens with one attached hydrogen (secondary N) is 1. The van der Waals surface area contributed by atoms with Crippen LogP contribution >= 0.6 is 11.6 Å². The van der Waals surface area contributed by atoms with Crippen molar-refractivity contribution in [2.45, 2.75) is 40.0 Å². The van der Waals surface area contributed by atoms with Gasteiger partial charge in [-0.3, -0.25) is 4.79 Å². The van der Waals surface area contributed by atoms with Crippen molar-refractivity contribution in [3.63, 3.8) is 0 Å². The fraction of sp³-hybridized carbons (Fsp3) is 0.474. The molecule has 5 nitrogen and oxygen atoms in total. The van der Waals surface area contributed by atoms with Crippen LogP contribution in [0.3, 0.4) is 0 Å². The maximum absolute atomic E-state index is 12.1. The molecule has 1 N–H and O–H groups in total. The summed E-state index contributed by atoms with van der Waals surface area (Å²) in [5.41, 5.74) is 0.635. The maximum Gasteiger partial charge on any atom is 0.261 e. The Morgan fingerprint density at radius 2 is 2.04 bits per heavy atom. The minimum Gasteiger partial charge on any atom is -0.490 e. The summed E-state index contributed by atoms with van der Waals surface area (Å²) in [6.07, 6.45) is 4.19. The molecule has 0 aliphatic heterocycles. The van der Waals surface area contributed by atoms with Crippen molar-refractivity contribution in [3.8, 4) is 17.6 Å². The van der Waals surface area contributed by atoms with Crippen molar-refractivity contribution in [1.29, 1.82) is 5.26 Å². The van der Waals surface area contributed by atoms with E-state index < -0.39 is 5.91 Å². The highest BCUT2D eigenvalue weighted by Gasteiger charge is 2.14. The fourth-order valence-electron chi connectivity index (χ4n) is 2.07. The van der Waals surface area contributed by atoms with Gasteiger partial charge in [0.05, 0.1) is 18.2 Å². The third-order valence-electron chi connectivity index (χ3n) is 3.27. The number of carbonyl (C=O) groups is 1. The summed E-state index contributed by atoms with van der Waals surface area (Å²) in [6.45, 7) is 7.42. The van der Waals surface area contributed by atoms with Crippen LogP contribution in [-0.2, 0) is 4.79 Å². The molecule has 0 heterocycles. The number of nitriles is 1. The number of nitrogens with zero attached hydrogens (tertiary/aromatic N) is 1. The second kappa shape index (κ2) is 11.4. The minimum atomic E-state index is -0.392. The monoisotopic (exact) mass is 364 g/mol. The lowest BCUT2D eigenvalue weighted by atomic mass is 10.1. The molecule has 6 heteroatoms. The van der Waals surface area contributed by atoms with Crippen LogP contribution in [-0.4, -0.2) is 25.7 Å². The van der Waals surface area contributed by atoms with E-state index >= 15 is 0 Å². The summed E-state index contributed by atoms with van der Waals surface area (Å²) in [7, 11) is 0. The lowest BCUT2D eigenvalue weighted by molar-refractivity contribution is -0.117. The lowest BCUT2D eigenvalue weighted by Gasteiger charge is -2.14. The Morgan fingerprint density at radius 3 is 2.64 bits per heavy atom. The van der Waals surface area contributed by atoms with Crippen LogP contribution in [0.15, 0.2) is 17.7 Å². The number of amides is 1. The first-order valence-electron chi connectivity index (χ1n) is 8.56. The van der Waals surface area contributed by atoms with Crippen LogP contribution in [0.5, 0.6) is 11.5 Å². The molecule has 0 aliphatic rings. The molecule has 0 aromatic heterocycles. The van der Waals surface area contributed by atoms with Gasteiger partial charge in [-0.05, 0) is 43.5 Å². The standard InChI is InChI=1S/C19H25ClN2O3/c1-4-7-8-22-19(23)15(13-21)10-14-11-16(20)18(25-9-5-2)17(12-14)24-6-3/h10-12H,4-9H2,1-3H3,(H,22,23)/b15-10+. The smallest absolute Gasteiger partial charge is 0.261 e. The molecular weight excluding hydrogens is 340 g/mol. The predicted molar refractivity (Wildman–Crippen MR) is 99.9 cm³/mol. The molecule has 25 heavy (non-hydrogen) atoms. The zero-order valence-corrected chi connectivity index (χ0v) is 15.8. The number of unbranched alkanes of at least 4 members (excludes halogenated alkanes) is 1. The molecule has 1 rings (SSSR count). The Hall–Kier alpha value is -2.19. The molecule has 136 valence electrons. The summed E-state index contributed by atoms with van der Waals surface area (Å²) in [5, 5.41) is 12.4. The summed E-state index contributed by atoms with van der Waals surface area (Å²) < 4.78 is 11.2. The van der Waals surface area contributed by atoms with Crippen LogP contribution in [0.2, 0.25) is 5.02 Å². The Balaban J connectivity index is 3.10. The largest absolute Gasteiger partial charge is 0.490 e. The Labute approximate surface area is 154 Å². The number of ether oxygens (including phenoxy) is 2. The average Bonchev–Trinajstić information content (AvgIpc) is 2.59. The zero-order chi connectivity index (χ0) is 18.7. The van der Waals surface area contributed by atoms with E-state index in [2.05, 4.69) is 5.32 Å². The Bertz CT molecular complexity index is 651. The van der Waals surface area contributed by atoms with Crippen molar-refractivity contribution in [3.05, 3.63) is 28.3 Å². The SMILES string of the molecule is CCCCNC(=O)/C(C#N)=C/c1cc(Cl)c(OCCC)c(OCC)c1. The van der Waals surface area contributed by atoms with E-state index in [1.165, 1.54) is 6.08 Å². The maximum atomic E-state index is 12.1. The molecule has 0 fully saturated rings. The number of rotatable bonds is 10. The fourth-order valence-corrected chi connectivity index (χ4v) is 2.34. The first-order valence-corrected chi connectivity index (χ1v) is 8.94. The molecule has 1 aromatic carbocycles. The van der Waals surface area contributed by atoms with E-state index in [0.29, 0.717) is 41.8 Å². The molecule has 1 aromatic rings. The molecule has 0 unspecified atom stereocenters. The van der Waals surface area contributed by atoms with E-state index in [-0.39, 0.29) is 5.57 Å². The van der Waals surface area contributed by atoms with Gasteiger partial charge in [0.1, 0.15) is 11.6 Å². The first kappa shape index (κ1) is 20.9. The van der Waals surface area contributed by atoms with Gasteiger partial charge in [-0.25, -0.2) is 0 Å². The van der Waals surface area contributed by atoms with E-state index in [1.54, 1.807) is 12.1 Å². The second-order valence-electron chi connectivity index (χ2n) is 5.39. The molecule has 0 spiro atoms. The highest BCUT2D eigenvalue weighted by atomic mass is 35.5. The number of hydrogen-bond acceptors (Lipinski definition) is 4. The molecule has 0 saturated carbocycles. The van der Waals surface area contributed by atoms with Crippen molar-refractivity contribution < 1.29 is 14.3 Å². The molecule has 1 amide bonds. The van der Waals surface area contributed by atoms with Crippen molar-refractivity contribution in [2.24, 2.45) is 0 Å². The van der Waals surface area contributed by atoms with Gasteiger partial charge in [-0.1, -0.05) is 31.9 Å². The van der Waals surface area contributed by atoms with Gasteiger partial charge in [0.2, 0.25) is 0 Å². The number of hydrogen-bond donors (Lipinski definition) is 1. The highest BCUT2D eigenvalue weighted by molar-refractivity contribution is 6.32. The van der Waals surface area contributed by atoms with Gasteiger partial charge in [0.15, 0.2) is 11.5 Å². The summed E-state index contributed by atoms with van der Waals surface area (Å²) in [6, 6.07) is 5.31. The van der Waals surface area contributed by atoms with Crippen molar-refractivity contribution in [2.75, 3.05) is 19.8 Å². The number of carbonyl (C=O) groups excluding carboxylic acids is 1. The number of benzene rings is 1. The molecule has 0 aliphatic carbocycles. The molecule has 0 bridgehead atoms. The highest BCUT2D eigenvalue weighted by Crippen LogP contribution is 2.37. The molecule has 0 atom stereocenters. The zero-order valence-electron chi connectivity index (χ0n) is 15.0.